The summed E-state index contributed by atoms with van der Waals surface area (Å²) >= 11 is 0. The third-order valence-electron chi connectivity index (χ3n) is 4.17. The predicted octanol–water partition coefficient (Wildman–Crippen LogP) is 2.29. The van der Waals surface area contributed by atoms with Gasteiger partial charge in [-0.25, -0.2) is 13.1 Å². The van der Waals surface area contributed by atoms with E-state index in [0.29, 0.717) is 12.1 Å². The number of sulfonamides is 1. The molecule has 8 heteroatoms. The lowest BCUT2D eigenvalue weighted by molar-refractivity contribution is -0.136. The molecule has 7 nitrogen and oxygen atoms in total. The van der Waals surface area contributed by atoms with Gasteiger partial charge < -0.3 is 10.6 Å². The molecule has 2 rings (SSSR count). The molecule has 0 aliphatic rings. The highest BCUT2D eigenvalue weighted by molar-refractivity contribution is 7.89. The Balaban J connectivity index is 1.87. The molecule has 2 amide bonds. The molecule has 0 atom stereocenters. The van der Waals surface area contributed by atoms with E-state index < -0.39 is 21.8 Å². The minimum atomic E-state index is -3.53. The summed E-state index contributed by atoms with van der Waals surface area (Å²) in [7, 11) is -3.53. The van der Waals surface area contributed by atoms with Crippen LogP contribution in [0.25, 0.3) is 0 Å². The van der Waals surface area contributed by atoms with Crippen LogP contribution in [0.1, 0.15) is 30.5 Å². The summed E-state index contributed by atoms with van der Waals surface area (Å²) in [6, 6.07) is 11.9. The highest BCUT2D eigenvalue weighted by atomic mass is 32.2. The largest absolute Gasteiger partial charge is 0.347 e. The normalized spacial score (nSPS) is 11.3. The van der Waals surface area contributed by atoms with Gasteiger partial charge >= 0.3 is 11.8 Å². The van der Waals surface area contributed by atoms with Gasteiger partial charge in [0.05, 0.1) is 4.90 Å². The molecule has 0 saturated heterocycles. The van der Waals surface area contributed by atoms with Crippen molar-refractivity contribution < 1.29 is 18.0 Å². The fraction of sp³-hybridized carbons (Fsp3) is 0.333. The van der Waals surface area contributed by atoms with Crippen molar-refractivity contribution in [3.63, 3.8) is 0 Å². The smallest absolute Gasteiger partial charge is 0.313 e. The summed E-state index contributed by atoms with van der Waals surface area (Å²) in [6.07, 6.45) is 0.473. The number of hydrogen-bond acceptors (Lipinski definition) is 4. The second kappa shape index (κ2) is 9.67. The van der Waals surface area contributed by atoms with Crippen LogP contribution in [-0.4, -0.2) is 32.8 Å². The first-order chi connectivity index (χ1) is 13.6. The average molecular weight is 418 g/mol. The second-order valence-electron chi connectivity index (χ2n) is 7.20. The molecular weight excluding hydrogens is 390 g/mol. The lowest BCUT2D eigenvalue weighted by atomic mass is 10.1. The molecule has 29 heavy (non-hydrogen) atoms. The Bertz CT molecular complexity index is 983. The van der Waals surface area contributed by atoms with Crippen molar-refractivity contribution in [3.05, 3.63) is 59.2 Å². The first-order valence-corrected chi connectivity index (χ1v) is 10.8. The Morgan fingerprint density at radius 1 is 0.966 bits per heavy atom. The Morgan fingerprint density at radius 3 is 2.24 bits per heavy atom. The summed E-state index contributed by atoms with van der Waals surface area (Å²) in [6.45, 7) is 7.53. The van der Waals surface area contributed by atoms with Gasteiger partial charge in [0.15, 0.2) is 0 Å². The summed E-state index contributed by atoms with van der Waals surface area (Å²) in [4.78, 5) is 24.3. The number of carbonyl (C=O) groups is 2. The zero-order valence-corrected chi connectivity index (χ0v) is 17.9. The van der Waals surface area contributed by atoms with E-state index in [1.807, 2.05) is 32.0 Å². The standard InChI is InChI=1S/C21H27N3O4S/c1-14(2)24-29(27,28)18-9-7-17(8-10-18)11-12-22-20(25)21(26)23-19-13-15(3)5-6-16(19)4/h5-10,13-14,24H,11-12H2,1-4H3,(H,22,25)(H,23,26). The van der Waals surface area contributed by atoms with Gasteiger partial charge in [-0.2, -0.15) is 0 Å². The number of anilines is 1. The van der Waals surface area contributed by atoms with Crippen molar-refractivity contribution in [3.8, 4) is 0 Å². The van der Waals surface area contributed by atoms with Gasteiger partial charge in [0.25, 0.3) is 0 Å². The van der Waals surface area contributed by atoms with Crippen molar-refractivity contribution in [1.82, 2.24) is 10.0 Å². The molecule has 0 unspecified atom stereocenters. The number of rotatable bonds is 7. The number of carbonyl (C=O) groups excluding carboxylic acids is 2. The SMILES string of the molecule is Cc1ccc(C)c(NC(=O)C(=O)NCCc2ccc(S(=O)(=O)NC(C)C)cc2)c1. The van der Waals surface area contributed by atoms with Crippen LogP contribution in [-0.2, 0) is 26.0 Å². The summed E-state index contributed by atoms with van der Waals surface area (Å²) < 4.78 is 26.8. The maximum Gasteiger partial charge on any atom is 0.313 e. The van der Waals surface area contributed by atoms with Crippen LogP contribution < -0.4 is 15.4 Å². The monoisotopic (exact) mass is 417 g/mol. The number of amides is 2. The average Bonchev–Trinajstić information content (AvgIpc) is 2.64. The van der Waals surface area contributed by atoms with Crippen LogP contribution in [0.15, 0.2) is 47.4 Å². The van der Waals surface area contributed by atoms with Gasteiger partial charge in [0, 0.05) is 18.3 Å². The van der Waals surface area contributed by atoms with Gasteiger partial charge in [-0.1, -0.05) is 24.3 Å². The first kappa shape index (κ1) is 22.6. The van der Waals surface area contributed by atoms with Crippen LogP contribution in [0.5, 0.6) is 0 Å². The van der Waals surface area contributed by atoms with E-state index in [2.05, 4.69) is 15.4 Å². The first-order valence-electron chi connectivity index (χ1n) is 9.36. The van der Waals surface area contributed by atoms with Crippen molar-refractivity contribution in [2.75, 3.05) is 11.9 Å². The third-order valence-corrected chi connectivity index (χ3v) is 5.85. The minimum absolute atomic E-state index is 0.187. The van der Waals surface area contributed by atoms with E-state index >= 15 is 0 Å². The maximum absolute atomic E-state index is 12.1. The van der Waals surface area contributed by atoms with Gasteiger partial charge in [0.1, 0.15) is 0 Å². The Kier molecular flexibility index (Phi) is 7.53. The minimum Gasteiger partial charge on any atom is -0.347 e. The van der Waals surface area contributed by atoms with E-state index in [1.165, 1.54) is 12.1 Å². The van der Waals surface area contributed by atoms with E-state index in [9.17, 15) is 18.0 Å². The molecule has 0 aromatic heterocycles. The van der Waals surface area contributed by atoms with Crippen LogP contribution in [0, 0.1) is 13.8 Å². The molecule has 156 valence electrons. The van der Waals surface area contributed by atoms with E-state index in [1.54, 1.807) is 26.0 Å². The highest BCUT2D eigenvalue weighted by Crippen LogP contribution is 2.16. The van der Waals surface area contributed by atoms with Gasteiger partial charge in [0.2, 0.25) is 10.0 Å². The summed E-state index contributed by atoms with van der Waals surface area (Å²) in [5.41, 5.74) is 3.32. The topological polar surface area (TPSA) is 104 Å². The quantitative estimate of drug-likeness (QED) is 0.601. The van der Waals surface area contributed by atoms with Crippen molar-refractivity contribution in [2.24, 2.45) is 0 Å². The Morgan fingerprint density at radius 2 is 1.62 bits per heavy atom. The van der Waals surface area contributed by atoms with Gasteiger partial charge in [-0.3, -0.25) is 9.59 Å². The number of hydrogen-bond donors (Lipinski definition) is 3. The third kappa shape index (κ3) is 6.69. The molecule has 0 heterocycles. The molecule has 3 N–H and O–H groups in total. The van der Waals surface area contributed by atoms with Crippen LogP contribution >= 0.6 is 0 Å². The molecule has 0 aliphatic heterocycles. The van der Waals surface area contributed by atoms with E-state index in [4.69, 9.17) is 0 Å². The molecule has 0 fully saturated rings. The lowest BCUT2D eigenvalue weighted by Gasteiger charge is -2.11. The maximum atomic E-state index is 12.1. The molecular formula is C21H27N3O4S. The fourth-order valence-corrected chi connectivity index (χ4v) is 3.91. The Hall–Kier alpha value is -2.71. The fourth-order valence-electron chi connectivity index (χ4n) is 2.66. The highest BCUT2D eigenvalue weighted by Gasteiger charge is 2.16. The molecule has 0 saturated carbocycles. The zero-order valence-electron chi connectivity index (χ0n) is 17.1. The van der Waals surface area contributed by atoms with E-state index in [-0.39, 0.29) is 17.5 Å². The Labute approximate surface area is 172 Å². The van der Waals surface area contributed by atoms with Crippen LogP contribution in [0.3, 0.4) is 0 Å². The molecule has 0 bridgehead atoms. The van der Waals surface area contributed by atoms with Crippen LogP contribution in [0.4, 0.5) is 5.69 Å². The molecule has 2 aromatic rings. The van der Waals surface area contributed by atoms with Crippen molar-refractivity contribution in [2.45, 2.75) is 45.1 Å². The summed E-state index contributed by atoms with van der Waals surface area (Å²) in [5, 5.41) is 5.19. The van der Waals surface area contributed by atoms with Gasteiger partial charge in [-0.15, -0.1) is 0 Å². The molecule has 0 radical (unpaired) electrons. The summed E-state index contributed by atoms with van der Waals surface area (Å²) in [5.74, 6) is -1.44. The molecule has 2 aromatic carbocycles. The molecule has 0 spiro atoms. The molecule has 0 aliphatic carbocycles. The lowest BCUT2D eigenvalue weighted by Crippen LogP contribution is -2.36. The van der Waals surface area contributed by atoms with Gasteiger partial charge in [-0.05, 0) is 69.0 Å². The second-order valence-corrected chi connectivity index (χ2v) is 8.91. The predicted molar refractivity (Wildman–Crippen MR) is 113 cm³/mol. The van der Waals surface area contributed by atoms with Crippen molar-refractivity contribution in [1.29, 1.82) is 0 Å². The number of aryl methyl sites for hydroxylation is 2. The number of benzene rings is 2. The number of nitrogens with one attached hydrogen (secondary N) is 3. The van der Waals surface area contributed by atoms with Crippen molar-refractivity contribution >= 4 is 27.5 Å². The zero-order chi connectivity index (χ0) is 21.6. The van der Waals surface area contributed by atoms with E-state index in [0.717, 1.165) is 16.7 Å². The van der Waals surface area contributed by atoms with Crippen LogP contribution in [0.2, 0.25) is 0 Å².